The van der Waals surface area contributed by atoms with Crippen LogP contribution < -0.4 is 11.1 Å². The highest BCUT2D eigenvalue weighted by atomic mass is 16.5. The average molecular weight is 252 g/mol. The van der Waals surface area contributed by atoms with Gasteiger partial charge >= 0.3 is 0 Å². The Morgan fingerprint density at radius 1 is 1.72 bits per heavy atom. The van der Waals surface area contributed by atoms with Gasteiger partial charge in [-0.15, -0.1) is 0 Å². The monoisotopic (exact) mass is 252 g/mol. The summed E-state index contributed by atoms with van der Waals surface area (Å²) in [4.78, 5) is 11.7. The van der Waals surface area contributed by atoms with Crippen molar-refractivity contribution in [3.05, 3.63) is 12.4 Å². The zero-order valence-electron chi connectivity index (χ0n) is 10.6. The van der Waals surface area contributed by atoms with Gasteiger partial charge in [-0.1, -0.05) is 0 Å². The molecule has 1 heterocycles. The zero-order valence-corrected chi connectivity index (χ0v) is 10.6. The van der Waals surface area contributed by atoms with Gasteiger partial charge in [0.05, 0.1) is 25.0 Å². The third kappa shape index (κ3) is 3.82. The van der Waals surface area contributed by atoms with Gasteiger partial charge in [0.25, 0.3) is 0 Å². The number of methoxy groups -OCH3 is 1. The molecular formula is C12H20N4O2. The molecule has 1 atom stereocenters. The number of anilines is 1. The van der Waals surface area contributed by atoms with Gasteiger partial charge < -0.3 is 15.8 Å². The summed E-state index contributed by atoms with van der Waals surface area (Å²) in [6, 6.07) is -0.00598. The maximum Gasteiger partial charge on any atom is 0.226 e. The van der Waals surface area contributed by atoms with E-state index in [9.17, 15) is 4.79 Å². The minimum atomic E-state index is -0.0410. The van der Waals surface area contributed by atoms with E-state index < -0.39 is 0 Å². The summed E-state index contributed by atoms with van der Waals surface area (Å²) < 4.78 is 6.69. The van der Waals surface area contributed by atoms with Crippen LogP contribution in [0.5, 0.6) is 0 Å². The number of aromatic nitrogens is 2. The Morgan fingerprint density at radius 3 is 3.17 bits per heavy atom. The van der Waals surface area contributed by atoms with Crippen molar-refractivity contribution in [3.8, 4) is 0 Å². The van der Waals surface area contributed by atoms with Crippen LogP contribution in [0.2, 0.25) is 0 Å². The standard InChI is InChI=1S/C12H20N4O2/c1-18-5-4-16-8-10(7-14-16)15-12(17)6-11(13)9-2-3-9/h7-9,11H,2-6,13H2,1H3,(H,15,17). The van der Waals surface area contributed by atoms with Gasteiger partial charge in [-0.2, -0.15) is 5.10 Å². The van der Waals surface area contributed by atoms with Crippen LogP contribution >= 0.6 is 0 Å². The Bertz CT molecular complexity index is 401. The summed E-state index contributed by atoms with van der Waals surface area (Å²) in [5, 5.41) is 6.93. The zero-order chi connectivity index (χ0) is 13.0. The van der Waals surface area contributed by atoms with E-state index in [0.717, 1.165) is 12.8 Å². The summed E-state index contributed by atoms with van der Waals surface area (Å²) in [7, 11) is 1.64. The van der Waals surface area contributed by atoms with Crippen molar-refractivity contribution < 1.29 is 9.53 Å². The van der Waals surface area contributed by atoms with Crippen molar-refractivity contribution >= 4 is 11.6 Å². The molecule has 0 aliphatic heterocycles. The first-order valence-electron chi connectivity index (χ1n) is 6.26. The van der Waals surface area contributed by atoms with E-state index in [2.05, 4.69) is 10.4 Å². The van der Waals surface area contributed by atoms with Crippen molar-refractivity contribution in [2.45, 2.75) is 31.8 Å². The van der Waals surface area contributed by atoms with E-state index in [1.54, 1.807) is 24.2 Å². The quantitative estimate of drug-likeness (QED) is 0.744. The molecule has 0 radical (unpaired) electrons. The van der Waals surface area contributed by atoms with Gasteiger partial charge in [-0.25, -0.2) is 0 Å². The summed E-state index contributed by atoms with van der Waals surface area (Å²) in [5.41, 5.74) is 6.61. The molecule has 0 spiro atoms. The first-order valence-corrected chi connectivity index (χ1v) is 6.26. The summed E-state index contributed by atoms with van der Waals surface area (Å²) in [5.74, 6) is 0.501. The second kappa shape index (κ2) is 5.97. The summed E-state index contributed by atoms with van der Waals surface area (Å²) in [6.45, 7) is 1.27. The molecule has 3 N–H and O–H groups in total. The molecule has 100 valence electrons. The van der Waals surface area contributed by atoms with Crippen molar-refractivity contribution in [1.29, 1.82) is 0 Å². The number of hydrogen-bond donors (Lipinski definition) is 2. The lowest BCUT2D eigenvalue weighted by Gasteiger charge is -2.09. The first kappa shape index (κ1) is 13.0. The lowest BCUT2D eigenvalue weighted by molar-refractivity contribution is -0.116. The second-order valence-electron chi connectivity index (χ2n) is 4.74. The van der Waals surface area contributed by atoms with Gasteiger partial charge in [0.1, 0.15) is 0 Å². The first-order chi connectivity index (χ1) is 8.69. The maximum atomic E-state index is 11.7. The largest absolute Gasteiger partial charge is 0.383 e. The van der Waals surface area contributed by atoms with Crippen molar-refractivity contribution in [2.24, 2.45) is 11.7 Å². The topological polar surface area (TPSA) is 82.2 Å². The molecule has 18 heavy (non-hydrogen) atoms. The molecule has 1 aromatic rings. The molecule has 0 saturated heterocycles. The number of nitrogens with one attached hydrogen (secondary N) is 1. The molecule has 1 aromatic heterocycles. The number of nitrogens with two attached hydrogens (primary N) is 1. The van der Waals surface area contributed by atoms with Crippen LogP contribution in [-0.2, 0) is 16.1 Å². The predicted molar refractivity (Wildman–Crippen MR) is 68.0 cm³/mol. The molecule has 1 fully saturated rings. The highest BCUT2D eigenvalue weighted by Crippen LogP contribution is 2.32. The fraction of sp³-hybridized carbons (Fsp3) is 0.667. The Balaban J connectivity index is 1.77. The van der Waals surface area contributed by atoms with Crippen molar-refractivity contribution in [1.82, 2.24) is 9.78 Å². The molecule has 1 aliphatic carbocycles. The van der Waals surface area contributed by atoms with Crippen LogP contribution in [0.1, 0.15) is 19.3 Å². The normalized spacial score (nSPS) is 16.6. The van der Waals surface area contributed by atoms with Gasteiger partial charge in [-0.3, -0.25) is 9.48 Å². The molecule has 6 nitrogen and oxygen atoms in total. The smallest absolute Gasteiger partial charge is 0.226 e. The fourth-order valence-corrected chi connectivity index (χ4v) is 1.85. The van der Waals surface area contributed by atoms with Crippen LogP contribution in [0.4, 0.5) is 5.69 Å². The maximum absolute atomic E-state index is 11.7. The molecule has 6 heteroatoms. The van der Waals surface area contributed by atoms with E-state index >= 15 is 0 Å². The fourth-order valence-electron chi connectivity index (χ4n) is 1.85. The summed E-state index contributed by atoms with van der Waals surface area (Å²) >= 11 is 0. The molecule has 1 amide bonds. The van der Waals surface area contributed by atoms with Crippen molar-refractivity contribution in [2.75, 3.05) is 19.0 Å². The Morgan fingerprint density at radius 2 is 2.50 bits per heavy atom. The van der Waals surface area contributed by atoms with Crippen LogP contribution in [0, 0.1) is 5.92 Å². The molecule has 0 bridgehead atoms. The van der Waals surface area contributed by atoms with Gasteiger partial charge in [0.15, 0.2) is 0 Å². The summed E-state index contributed by atoms with van der Waals surface area (Å²) in [6.07, 6.45) is 6.12. The van der Waals surface area contributed by atoms with Crippen LogP contribution in [0.15, 0.2) is 12.4 Å². The molecule has 1 saturated carbocycles. The third-order valence-electron chi connectivity index (χ3n) is 3.09. The molecule has 1 unspecified atom stereocenters. The van der Waals surface area contributed by atoms with Gasteiger partial charge in [0, 0.05) is 25.8 Å². The van der Waals surface area contributed by atoms with Gasteiger partial charge in [0.2, 0.25) is 5.91 Å². The van der Waals surface area contributed by atoms with Crippen LogP contribution in [-0.4, -0.2) is 35.4 Å². The Labute approximate surface area is 106 Å². The Hall–Kier alpha value is -1.40. The number of rotatable bonds is 7. The predicted octanol–water partition coefficient (Wildman–Crippen LogP) is 0.595. The number of carbonyl (C=O) groups is 1. The number of carbonyl (C=O) groups excluding carboxylic acids is 1. The number of ether oxygens (including phenoxy) is 1. The third-order valence-corrected chi connectivity index (χ3v) is 3.09. The van der Waals surface area contributed by atoms with Crippen molar-refractivity contribution in [3.63, 3.8) is 0 Å². The van der Waals surface area contributed by atoms with E-state index in [0.29, 0.717) is 31.2 Å². The van der Waals surface area contributed by atoms with E-state index in [-0.39, 0.29) is 11.9 Å². The lowest BCUT2D eigenvalue weighted by atomic mass is 10.1. The molecule has 2 rings (SSSR count). The second-order valence-corrected chi connectivity index (χ2v) is 4.74. The minimum absolute atomic E-state index is 0.00598. The minimum Gasteiger partial charge on any atom is -0.383 e. The number of hydrogen-bond acceptors (Lipinski definition) is 4. The Kier molecular flexibility index (Phi) is 4.33. The lowest BCUT2D eigenvalue weighted by Crippen LogP contribution is -2.28. The highest BCUT2D eigenvalue weighted by molar-refractivity contribution is 5.90. The highest BCUT2D eigenvalue weighted by Gasteiger charge is 2.29. The van der Waals surface area contributed by atoms with E-state index in [1.165, 1.54) is 0 Å². The number of nitrogens with zero attached hydrogens (tertiary/aromatic N) is 2. The molecule has 0 aromatic carbocycles. The van der Waals surface area contributed by atoms with Crippen LogP contribution in [0.25, 0.3) is 0 Å². The molecule has 1 aliphatic rings. The van der Waals surface area contributed by atoms with E-state index in [1.807, 2.05) is 0 Å². The SMILES string of the molecule is COCCn1cc(NC(=O)CC(N)C2CC2)cn1. The molecular weight excluding hydrogens is 232 g/mol. The van der Waals surface area contributed by atoms with Gasteiger partial charge in [-0.05, 0) is 18.8 Å². The number of amides is 1. The van der Waals surface area contributed by atoms with Crippen LogP contribution in [0.3, 0.4) is 0 Å². The van der Waals surface area contributed by atoms with E-state index in [4.69, 9.17) is 10.5 Å². The average Bonchev–Trinajstić information content (AvgIpc) is 3.09.